The SMILES string of the molecule is CCCCC(SCCCCC(F)CC)C(=O)OCC(C)C. The van der Waals surface area contributed by atoms with Crippen LogP contribution < -0.4 is 0 Å². The van der Waals surface area contributed by atoms with Gasteiger partial charge in [0.2, 0.25) is 0 Å². The third kappa shape index (κ3) is 12.0. The smallest absolute Gasteiger partial charge is 0.319 e. The quantitative estimate of drug-likeness (QED) is 0.336. The lowest BCUT2D eigenvalue weighted by Gasteiger charge is -2.16. The molecule has 126 valence electrons. The van der Waals surface area contributed by atoms with E-state index in [-0.39, 0.29) is 11.2 Å². The van der Waals surface area contributed by atoms with Crippen LogP contribution in [-0.2, 0) is 9.53 Å². The second kappa shape index (κ2) is 13.4. The third-order valence-electron chi connectivity index (χ3n) is 3.32. The van der Waals surface area contributed by atoms with Gasteiger partial charge >= 0.3 is 5.97 Å². The Morgan fingerprint density at radius 2 is 1.86 bits per heavy atom. The van der Waals surface area contributed by atoms with Crippen LogP contribution in [0.3, 0.4) is 0 Å². The molecule has 0 spiro atoms. The molecule has 0 aromatic heterocycles. The van der Waals surface area contributed by atoms with Crippen molar-refractivity contribution in [3.05, 3.63) is 0 Å². The Kier molecular flexibility index (Phi) is 13.3. The molecular weight excluding hydrogens is 287 g/mol. The highest BCUT2D eigenvalue weighted by molar-refractivity contribution is 8.00. The number of halogens is 1. The van der Waals surface area contributed by atoms with Crippen LogP contribution in [0.15, 0.2) is 0 Å². The summed E-state index contributed by atoms with van der Waals surface area (Å²) in [5, 5.41) is -0.0453. The molecule has 0 aromatic carbocycles. The molecule has 0 saturated carbocycles. The molecule has 0 amide bonds. The molecule has 0 saturated heterocycles. The van der Waals surface area contributed by atoms with Crippen molar-refractivity contribution in [3.8, 4) is 0 Å². The topological polar surface area (TPSA) is 26.3 Å². The van der Waals surface area contributed by atoms with Crippen LogP contribution in [0.25, 0.3) is 0 Å². The molecule has 0 heterocycles. The number of thioether (sulfide) groups is 1. The van der Waals surface area contributed by atoms with Crippen molar-refractivity contribution >= 4 is 17.7 Å². The second-order valence-electron chi connectivity index (χ2n) is 6.03. The van der Waals surface area contributed by atoms with Crippen LogP contribution in [0.5, 0.6) is 0 Å². The van der Waals surface area contributed by atoms with Gasteiger partial charge in [-0.25, -0.2) is 4.39 Å². The van der Waals surface area contributed by atoms with E-state index in [0.29, 0.717) is 25.4 Å². The molecule has 0 fully saturated rings. The lowest BCUT2D eigenvalue weighted by atomic mass is 10.1. The summed E-state index contributed by atoms with van der Waals surface area (Å²) in [7, 11) is 0. The predicted molar refractivity (Wildman–Crippen MR) is 90.6 cm³/mol. The minimum absolute atomic E-state index is 0.0453. The van der Waals surface area contributed by atoms with Crippen molar-refractivity contribution in [1.29, 1.82) is 0 Å². The first-order valence-corrected chi connectivity index (χ1v) is 9.48. The van der Waals surface area contributed by atoms with Crippen LogP contribution in [-0.4, -0.2) is 29.8 Å². The maximum Gasteiger partial charge on any atom is 0.319 e. The molecule has 0 N–H and O–H groups in total. The average molecular weight is 321 g/mol. The van der Waals surface area contributed by atoms with E-state index in [1.807, 2.05) is 20.8 Å². The van der Waals surface area contributed by atoms with Gasteiger partial charge in [-0.1, -0.05) is 40.5 Å². The average Bonchev–Trinajstić information content (AvgIpc) is 2.47. The number of ether oxygens (including phenoxy) is 1. The van der Waals surface area contributed by atoms with Gasteiger partial charge in [-0.2, -0.15) is 0 Å². The van der Waals surface area contributed by atoms with E-state index in [0.717, 1.165) is 37.9 Å². The van der Waals surface area contributed by atoms with E-state index in [1.54, 1.807) is 11.8 Å². The minimum atomic E-state index is -0.665. The molecule has 2 atom stereocenters. The van der Waals surface area contributed by atoms with Gasteiger partial charge in [0.1, 0.15) is 5.25 Å². The van der Waals surface area contributed by atoms with Crippen molar-refractivity contribution in [2.75, 3.05) is 12.4 Å². The van der Waals surface area contributed by atoms with E-state index in [9.17, 15) is 9.18 Å². The summed E-state index contributed by atoms with van der Waals surface area (Å²) in [6, 6.07) is 0. The van der Waals surface area contributed by atoms with Gasteiger partial charge in [0.05, 0.1) is 12.8 Å². The molecule has 4 heteroatoms. The number of carbonyl (C=O) groups excluding carboxylic acids is 1. The summed E-state index contributed by atoms with van der Waals surface area (Å²) < 4.78 is 18.5. The first-order chi connectivity index (χ1) is 10.0. The van der Waals surface area contributed by atoms with Crippen LogP contribution in [0, 0.1) is 5.92 Å². The van der Waals surface area contributed by atoms with Gasteiger partial charge in [0, 0.05) is 0 Å². The zero-order valence-corrected chi connectivity index (χ0v) is 15.0. The standard InChI is InChI=1S/C17H33FO2S/c1-5-7-11-16(17(19)20-13-14(3)4)21-12-9-8-10-15(18)6-2/h14-16H,5-13H2,1-4H3. The fourth-order valence-electron chi connectivity index (χ4n) is 1.90. The van der Waals surface area contributed by atoms with Crippen LogP contribution >= 0.6 is 11.8 Å². The molecule has 0 radical (unpaired) electrons. The highest BCUT2D eigenvalue weighted by Crippen LogP contribution is 2.21. The zero-order valence-electron chi connectivity index (χ0n) is 14.2. The molecule has 2 unspecified atom stereocenters. The van der Waals surface area contributed by atoms with Crippen molar-refractivity contribution in [2.45, 2.75) is 84.1 Å². The summed E-state index contributed by atoms with van der Waals surface area (Å²) in [5.74, 6) is 1.22. The van der Waals surface area contributed by atoms with E-state index in [1.165, 1.54) is 0 Å². The lowest BCUT2D eigenvalue weighted by molar-refractivity contribution is -0.144. The summed E-state index contributed by atoms with van der Waals surface area (Å²) in [5.41, 5.74) is 0. The maximum atomic E-state index is 13.1. The highest BCUT2D eigenvalue weighted by atomic mass is 32.2. The third-order valence-corrected chi connectivity index (χ3v) is 4.67. The Balaban J connectivity index is 3.97. The maximum absolute atomic E-state index is 13.1. The minimum Gasteiger partial charge on any atom is -0.465 e. The number of hydrogen-bond acceptors (Lipinski definition) is 3. The molecule has 0 aliphatic carbocycles. The van der Waals surface area contributed by atoms with Crippen LogP contribution in [0.1, 0.15) is 72.6 Å². The molecule has 0 rings (SSSR count). The Morgan fingerprint density at radius 3 is 2.43 bits per heavy atom. The van der Waals surface area contributed by atoms with E-state index >= 15 is 0 Å². The van der Waals surface area contributed by atoms with Gasteiger partial charge in [-0.15, -0.1) is 11.8 Å². The molecule has 0 aliphatic heterocycles. The normalized spacial score (nSPS) is 14.2. The van der Waals surface area contributed by atoms with E-state index in [4.69, 9.17) is 4.74 Å². The number of esters is 1. The summed E-state index contributed by atoms with van der Waals surface area (Å²) >= 11 is 1.68. The molecule has 2 nitrogen and oxygen atoms in total. The van der Waals surface area contributed by atoms with Gasteiger partial charge in [0.15, 0.2) is 0 Å². The number of unbranched alkanes of at least 4 members (excludes halogenated alkanes) is 2. The van der Waals surface area contributed by atoms with Crippen molar-refractivity contribution in [2.24, 2.45) is 5.92 Å². The summed E-state index contributed by atoms with van der Waals surface area (Å²) in [6.45, 7) is 8.60. The Morgan fingerprint density at radius 1 is 1.14 bits per heavy atom. The van der Waals surface area contributed by atoms with Crippen molar-refractivity contribution in [1.82, 2.24) is 0 Å². The molecule has 0 aromatic rings. The first-order valence-electron chi connectivity index (χ1n) is 8.43. The predicted octanol–water partition coefficient (Wildman–Crippen LogP) is 5.40. The Bertz CT molecular complexity index is 259. The number of alkyl halides is 1. The zero-order chi connectivity index (χ0) is 16.1. The largest absolute Gasteiger partial charge is 0.465 e. The molecule has 0 bridgehead atoms. The van der Waals surface area contributed by atoms with E-state index in [2.05, 4.69) is 6.92 Å². The van der Waals surface area contributed by atoms with Crippen molar-refractivity contribution < 1.29 is 13.9 Å². The monoisotopic (exact) mass is 320 g/mol. The number of carbonyl (C=O) groups is 1. The molecule has 0 aliphatic rings. The van der Waals surface area contributed by atoms with Gasteiger partial charge < -0.3 is 4.74 Å². The highest BCUT2D eigenvalue weighted by Gasteiger charge is 2.20. The Hall–Kier alpha value is -0.250. The van der Waals surface area contributed by atoms with E-state index < -0.39 is 6.17 Å². The second-order valence-corrected chi connectivity index (χ2v) is 7.34. The van der Waals surface area contributed by atoms with Crippen molar-refractivity contribution in [3.63, 3.8) is 0 Å². The van der Waals surface area contributed by atoms with Gasteiger partial charge in [-0.05, 0) is 43.8 Å². The summed E-state index contributed by atoms with van der Waals surface area (Å²) in [6.07, 6.45) is 5.50. The Labute approximate surface area is 134 Å². The molecule has 21 heavy (non-hydrogen) atoms. The first kappa shape index (κ1) is 20.8. The lowest BCUT2D eigenvalue weighted by Crippen LogP contribution is -2.22. The molecular formula is C17H33FO2S. The fourth-order valence-corrected chi connectivity index (χ4v) is 3.09. The fraction of sp³-hybridized carbons (Fsp3) is 0.941. The number of rotatable bonds is 13. The number of hydrogen-bond donors (Lipinski definition) is 0. The van der Waals surface area contributed by atoms with Gasteiger partial charge in [0.25, 0.3) is 0 Å². The van der Waals surface area contributed by atoms with Crippen LogP contribution in [0.4, 0.5) is 4.39 Å². The van der Waals surface area contributed by atoms with Gasteiger partial charge in [-0.3, -0.25) is 4.79 Å². The summed E-state index contributed by atoms with van der Waals surface area (Å²) in [4.78, 5) is 12.1. The van der Waals surface area contributed by atoms with Crippen LogP contribution in [0.2, 0.25) is 0 Å².